The molecule has 2 aliphatic rings. The minimum atomic E-state index is 0.364. The Kier molecular flexibility index (Phi) is 5.06. The Bertz CT molecular complexity index is 733. The molecule has 2 saturated heterocycles. The van der Waals surface area contributed by atoms with Crippen LogP contribution in [-0.4, -0.2) is 76.6 Å². The SMILES string of the molecule is CN1CCN(C)C2(CCN(Cc3cccn3-c3ccc(Cl)cn3)CC2)C1. The molecule has 0 saturated carbocycles. The number of halogens is 1. The van der Waals surface area contributed by atoms with Crippen LogP contribution in [0.3, 0.4) is 0 Å². The van der Waals surface area contributed by atoms with Crippen LogP contribution in [0.5, 0.6) is 0 Å². The van der Waals surface area contributed by atoms with Crippen molar-refractivity contribution in [2.45, 2.75) is 24.9 Å². The summed E-state index contributed by atoms with van der Waals surface area (Å²) in [7, 11) is 4.56. The summed E-state index contributed by atoms with van der Waals surface area (Å²) < 4.78 is 2.17. The second-order valence-electron chi connectivity index (χ2n) is 7.86. The summed E-state index contributed by atoms with van der Waals surface area (Å²) in [5.41, 5.74) is 1.65. The number of piperidine rings is 1. The van der Waals surface area contributed by atoms with Crippen molar-refractivity contribution in [2.75, 3.05) is 46.8 Å². The number of hydrogen-bond acceptors (Lipinski definition) is 4. The highest BCUT2D eigenvalue weighted by molar-refractivity contribution is 6.30. The third kappa shape index (κ3) is 3.54. The van der Waals surface area contributed by atoms with E-state index in [1.165, 1.54) is 38.2 Å². The molecule has 2 fully saturated rings. The minimum absolute atomic E-state index is 0.364. The van der Waals surface area contributed by atoms with Crippen LogP contribution in [0.25, 0.3) is 5.82 Å². The van der Waals surface area contributed by atoms with Gasteiger partial charge in [-0.3, -0.25) is 9.80 Å². The first-order valence-corrected chi connectivity index (χ1v) is 9.84. The van der Waals surface area contributed by atoms with Crippen LogP contribution < -0.4 is 0 Å². The van der Waals surface area contributed by atoms with Gasteiger partial charge in [0.15, 0.2) is 0 Å². The lowest BCUT2D eigenvalue weighted by Crippen LogP contribution is -2.63. The zero-order valence-corrected chi connectivity index (χ0v) is 16.5. The number of likely N-dealkylation sites (N-methyl/N-ethyl adjacent to an activating group) is 2. The molecule has 1 spiro atoms. The van der Waals surface area contributed by atoms with E-state index in [0.29, 0.717) is 10.6 Å². The number of nitrogens with zero attached hydrogens (tertiary/aromatic N) is 5. The van der Waals surface area contributed by atoms with Gasteiger partial charge < -0.3 is 9.47 Å². The van der Waals surface area contributed by atoms with Crippen molar-refractivity contribution in [3.05, 3.63) is 47.4 Å². The standard InChI is InChI=1S/C20H28ClN5/c1-23-12-13-24(2)20(16-23)7-10-25(11-8-20)15-18-4-3-9-26(18)19-6-5-17(21)14-22-19/h3-6,9,14H,7-8,10-13,15-16H2,1-2H3. The molecular formula is C20H28ClN5. The van der Waals surface area contributed by atoms with Gasteiger partial charge in [-0.15, -0.1) is 0 Å². The summed E-state index contributed by atoms with van der Waals surface area (Å²) in [6.45, 7) is 6.83. The fraction of sp³-hybridized carbons (Fsp3) is 0.550. The van der Waals surface area contributed by atoms with Gasteiger partial charge >= 0.3 is 0 Å². The van der Waals surface area contributed by atoms with Gasteiger partial charge in [0.05, 0.1) is 5.02 Å². The van der Waals surface area contributed by atoms with Crippen molar-refractivity contribution in [2.24, 2.45) is 0 Å². The first kappa shape index (κ1) is 18.0. The van der Waals surface area contributed by atoms with Crippen LogP contribution in [-0.2, 0) is 6.54 Å². The lowest BCUT2D eigenvalue weighted by Gasteiger charge is -2.52. The van der Waals surface area contributed by atoms with Crippen LogP contribution in [0.4, 0.5) is 0 Å². The highest BCUT2D eigenvalue weighted by atomic mass is 35.5. The first-order chi connectivity index (χ1) is 12.6. The number of aromatic nitrogens is 2. The molecule has 0 atom stereocenters. The van der Waals surface area contributed by atoms with E-state index in [9.17, 15) is 0 Å². The molecule has 4 rings (SSSR count). The molecule has 140 valence electrons. The molecule has 5 nitrogen and oxygen atoms in total. The molecule has 4 heterocycles. The highest BCUT2D eigenvalue weighted by Crippen LogP contribution is 2.31. The molecule has 0 N–H and O–H groups in total. The summed E-state index contributed by atoms with van der Waals surface area (Å²) >= 11 is 5.97. The molecule has 0 amide bonds. The van der Waals surface area contributed by atoms with E-state index in [1.807, 2.05) is 12.1 Å². The van der Waals surface area contributed by atoms with Gasteiger partial charge in [-0.25, -0.2) is 4.98 Å². The van der Waals surface area contributed by atoms with E-state index in [4.69, 9.17) is 11.6 Å². The Labute approximate surface area is 161 Å². The average molecular weight is 374 g/mol. The lowest BCUT2D eigenvalue weighted by molar-refractivity contribution is -0.0208. The lowest BCUT2D eigenvalue weighted by atomic mass is 9.84. The second kappa shape index (κ2) is 7.31. The maximum absolute atomic E-state index is 5.97. The van der Waals surface area contributed by atoms with Gasteiger partial charge in [0.25, 0.3) is 0 Å². The molecule has 0 aliphatic carbocycles. The molecular weight excluding hydrogens is 346 g/mol. The molecule has 0 aromatic carbocycles. The molecule has 2 aromatic rings. The number of piperazine rings is 1. The summed E-state index contributed by atoms with van der Waals surface area (Å²) in [6.07, 6.45) is 6.28. The monoisotopic (exact) mass is 373 g/mol. The van der Waals surface area contributed by atoms with Crippen LogP contribution in [0.15, 0.2) is 36.7 Å². The average Bonchev–Trinajstić information content (AvgIpc) is 3.09. The Hall–Kier alpha value is -1.40. The number of pyridine rings is 1. The van der Waals surface area contributed by atoms with E-state index in [-0.39, 0.29) is 0 Å². The topological polar surface area (TPSA) is 27.5 Å². The van der Waals surface area contributed by atoms with Gasteiger partial charge in [-0.1, -0.05) is 11.6 Å². The quantitative estimate of drug-likeness (QED) is 0.826. The predicted molar refractivity (Wildman–Crippen MR) is 106 cm³/mol. The highest BCUT2D eigenvalue weighted by Gasteiger charge is 2.41. The van der Waals surface area contributed by atoms with Crippen LogP contribution in [0.2, 0.25) is 5.02 Å². The van der Waals surface area contributed by atoms with E-state index in [0.717, 1.165) is 25.5 Å². The second-order valence-corrected chi connectivity index (χ2v) is 8.30. The zero-order chi connectivity index (χ0) is 18.1. The predicted octanol–water partition coefficient (Wildman–Crippen LogP) is 2.74. The first-order valence-electron chi connectivity index (χ1n) is 9.46. The maximum Gasteiger partial charge on any atom is 0.136 e. The van der Waals surface area contributed by atoms with Crippen molar-refractivity contribution in [1.29, 1.82) is 0 Å². The van der Waals surface area contributed by atoms with Crippen molar-refractivity contribution in [3.63, 3.8) is 0 Å². The molecule has 2 aliphatic heterocycles. The van der Waals surface area contributed by atoms with Crippen LogP contribution >= 0.6 is 11.6 Å². The van der Waals surface area contributed by atoms with E-state index in [2.05, 4.69) is 56.7 Å². The van der Waals surface area contributed by atoms with E-state index < -0.39 is 0 Å². The zero-order valence-electron chi connectivity index (χ0n) is 15.7. The smallest absolute Gasteiger partial charge is 0.136 e. The number of hydrogen-bond donors (Lipinski definition) is 0. The third-order valence-electron chi connectivity index (χ3n) is 6.16. The molecule has 0 unspecified atom stereocenters. The van der Waals surface area contributed by atoms with Gasteiger partial charge in [0, 0.05) is 62.9 Å². The molecule has 2 aromatic heterocycles. The fourth-order valence-electron chi connectivity index (χ4n) is 4.44. The summed E-state index contributed by atoms with van der Waals surface area (Å²) in [5.74, 6) is 0.927. The Morgan fingerprint density at radius 1 is 1.08 bits per heavy atom. The fourth-order valence-corrected chi connectivity index (χ4v) is 4.55. The van der Waals surface area contributed by atoms with E-state index in [1.54, 1.807) is 6.20 Å². The molecule has 6 heteroatoms. The van der Waals surface area contributed by atoms with Crippen molar-refractivity contribution in [3.8, 4) is 5.82 Å². The minimum Gasteiger partial charge on any atom is -0.304 e. The third-order valence-corrected chi connectivity index (χ3v) is 6.38. The molecule has 0 bridgehead atoms. The van der Waals surface area contributed by atoms with Crippen LogP contribution in [0, 0.1) is 0 Å². The Morgan fingerprint density at radius 2 is 1.88 bits per heavy atom. The molecule has 26 heavy (non-hydrogen) atoms. The van der Waals surface area contributed by atoms with Crippen molar-refractivity contribution < 1.29 is 0 Å². The van der Waals surface area contributed by atoms with Crippen molar-refractivity contribution >= 4 is 11.6 Å². The van der Waals surface area contributed by atoms with Gasteiger partial charge in [0.2, 0.25) is 0 Å². The number of rotatable bonds is 3. The summed E-state index contributed by atoms with van der Waals surface area (Å²) in [4.78, 5) is 12.1. The van der Waals surface area contributed by atoms with Gasteiger partial charge in [-0.05, 0) is 51.2 Å². The van der Waals surface area contributed by atoms with Crippen LogP contribution in [0.1, 0.15) is 18.5 Å². The summed E-state index contributed by atoms with van der Waals surface area (Å²) in [5, 5.41) is 0.672. The van der Waals surface area contributed by atoms with E-state index >= 15 is 0 Å². The van der Waals surface area contributed by atoms with Crippen molar-refractivity contribution in [1.82, 2.24) is 24.3 Å². The largest absolute Gasteiger partial charge is 0.304 e. The Morgan fingerprint density at radius 3 is 2.62 bits per heavy atom. The Balaban J connectivity index is 1.43. The summed E-state index contributed by atoms with van der Waals surface area (Å²) in [6, 6.07) is 8.17. The normalized spacial score (nSPS) is 22.1. The van der Waals surface area contributed by atoms with Gasteiger partial charge in [-0.2, -0.15) is 0 Å². The number of likely N-dealkylation sites (tertiary alicyclic amines) is 1. The maximum atomic E-state index is 5.97. The van der Waals surface area contributed by atoms with Gasteiger partial charge in [0.1, 0.15) is 5.82 Å². The molecule has 0 radical (unpaired) electrons.